The third-order valence-electron chi connectivity index (χ3n) is 2.03. The molecule has 0 spiro atoms. The SMILES string of the molecule is CC(=O)Cc1cccc2sccc12. The molecule has 2 heteroatoms. The summed E-state index contributed by atoms with van der Waals surface area (Å²) in [6.45, 7) is 1.63. The van der Waals surface area contributed by atoms with Crippen LogP contribution in [0.25, 0.3) is 10.1 Å². The van der Waals surface area contributed by atoms with E-state index in [2.05, 4.69) is 17.5 Å². The van der Waals surface area contributed by atoms with Crippen LogP contribution in [0.3, 0.4) is 0 Å². The molecule has 0 aliphatic carbocycles. The molecule has 2 rings (SSSR count). The quantitative estimate of drug-likeness (QED) is 0.711. The largest absolute Gasteiger partial charge is 0.300 e. The molecule has 0 saturated carbocycles. The fraction of sp³-hybridized carbons (Fsp3) is 0.182. The zero-order valence-electron chi connectivity index (χ0n) is 7.41. The molecule has 0 N–H and O–H groups in total. The predicted molar refractivity (Wildman–Crippen MR) is 56.2 cm³/mol. The van der Waals surface area contributed by atoms with E-state index in [9.17, 15) is 4.79 Å². The molecule has 0 bridgehead atoms. The summed E-state index contributed by atoms with van der Waals surface area (Å²) in [4.78, 5) is 11.0. The summed E-state index contributed by atoms with van der Waals surface area (Å²) in [7, 11) is 0. The molecule has 0 unspecified atom stereocenters. The number of benzene rings is 1. The highest BCUT2D eigenvalue weighted by Gasteiger charge is 2.03. The molecule has 1 nitrogen and oxygen atoms in total. The second-order valence-corrected chi connectivity index (χ2v) is 4.08. The van der Waals surface area contributed by atoms with Crippen LogP contribution < -0.4 is 0 Å². The Kier molecular flexibility index (Phi) is 2.15. The minimum absolute atomic E-state index is 0.221. The van der Waals surface area contributed by atoms with Crippen molar-refractivity contribution in [1.82, 2.24) is 0 Å². The number of Topliss-reactive ketones (excluding diaryl/α,β-unsaturated/α-hetero) is 1. The van der Waals surface area contributed by atoms with Gasteiger partial charge in [-0.1, -0.05) is 12.1 Å². The van der Waals surface area contributed by atoms with Crippen LogP contribution in [0.4, 0.5) is 0 Å². The molecule has 0 aliphatic rings. The van der Waals surface area contributed by atoms with Crippen LogP contribution in [0.5, 0.6) is 0 Å². The smallest absolute Gasteiger partial charge is 0.134 e. The van der Waals surface area contributed by atoms with Gasteiger partial charge >= 0.3 is 0 Å². The van der Waals surface area contributed by atoms with Gasteiger partial charge in [-0.2, -0.15) is 0 Å². The molecular weight excluding hydrogens is 180 g/mol. The Balaban J connectivity index is 2.54. The summed E-state index contributed by atoms with van der Waals surface area (Å²) >= 11 is 1.72. The van der Waals surface area contributed by atoms with Crippen LogP contribution in [0.1, 0.15) is 12.5 Å². The summed E-state index contributed by atoms with van der Waals surface area (Å²) in [5, 5.41) is 3.29. The molecule has 66 valence electrons. The fourth-order valence-electron chi connectivity index (χ4n) is 1.48. The normalized spacial score (nSPS) is 10.5. The molecule has 1 aromatic heterocycles. The van der Waals surface area contributed by atoms with E-state index in [1.165, 1.54) is 10.1 Å². The van der Waals surface area contributed by atoms with E-state index in [0.29, 0.717) is 6.42 Å². The molecule has 0 radical (unpaired) electrons. The van der Waals surface area contributed by atoms with Gasteiger partial charge in [0.1, 0.15) is 5.78 Å². The number of hydrogen-bond donors (Lipinski definition) is 0. The molecule has 0 saturated heterocycles. The minimum Gasteiger partial charge on any atom is -0.300 e. The molecule has 13 heavy (non-hydrogen) atoms. The van der Waals surface area contributed by atoms with Gasteiger partial charge in [0.15, 0.2) is 0 Å². The second-order valence-electron chi connectivity index (χ2n) is 3.13. The van der Waals surface area contributed by atoms with Gasteiger partial charge in [0, 0.05) is 11.1 Å². The van der Waals surface area contributed by atoms with Gasteiger partial charge < -0.3 is 0 Å². The van der Waals surface area contributed by atoms with Gasteiger partial charge in [-0.15, -0.1) is 11.3 Å². The highest BCUT2D eigenvalue weighted by Crippen LogP contribution is 2.24. The Bertz CT molecular complexity index is 442. The van der Waals surface area contributed by atoms with Crippen molar-refractivity contribution in [1.29, 1.82) is 0 Å². The second kappa shape index (κ2) is 3.30. The average molecular weight is 190 g/mol. The Morgan fingerprint density at radius 2 is 2.23 bits per heavy atom. The van der Waals surface area contributed by atoms with Crippen LogP contribution in [0.2, 0.25) is 0 Å². The first-order chi connectivity index (χ1) is 6.27. The van der Waals surface area contributed by atoms with Crippen molar-refractivity contribution in [3.8, 4) is 0 Å². The standard InChI is InChI=1S/C11H10OS/c1-8(12)7-9-3-2-4-11-10(9)5-6-13-11/h2-6H,7H2,1H3. The van der Waals surface area contributed by atoms with Gasteiger partial charge in [-0.25, -0.2) is 0 Å². The highest BCUT2D eigenvalue weighted by molar-refractivity contribution is 7.17. The Hall–Kier alpha value is -1.15. The first kappa shape index (κ1) is 8.45. The number of hydrogen-bond acceptors (Lipinski definition) is 2. The topological polar surface area (TPSA) is 17.1 Å². The molecule has 2 aromatic rings. The van der Waals surface area contributed by atoms with E-state index in [0.717, 1.165) is 5.56 Å². The molecule has 0 amide bonds. The van der Waals surface area contributed by atoms with Crippen molar-refractivity contribution >= 4 is 27.2 Å². The lowest BCUT2D eigenvalue weighted by atomic mass is 10.1. The molecular formula is C11H10OS. The summed E-state index contributed by atoms with van der Waals surface area (Å²) in [6.07, 6.45) is 0.550. The van der Waals surface area contributed by atoms with E-state index in [-0.39, 0.29) is 5.78 Å². The van der Waals surface area contributed by atoms with Crippen molar-refractivity contribution in [2.24, 2.45) is 0 Å². The van der Waals surface area contributed by atoms with Crippen molar-refractivity contribution in [2.45, 2.75) is 13.3 Å². The van der Waals surface area contributed by atoms with Crippen molar-refractivity contribution in [3.63, 3.8) is 0 Å². The summed E-state index contributed by atoms with van der Waals surface area (Å²) in [6, 6.07) is 8.20. The van der Waals surface area contributed by atoms with Gasteiger partial charge in [-0.3, -0.25) is 4.79 Å². The predicted octanol–water partition coefficient (Wildman–Crippen LogP) is 3.03. The third-order valence-corrected chi connectivity index (χ3v) is 2.91. The van der Waals surface area contributed by atoms with Crippen molar-refractivity contribution in [3.05, 3.63) is 35.2 Å². The van der Waals surface area contributed by atoms with Crippen LogP contribution in [0, 0.1) is 0 Å². The Morgan fingerprint density at radius 1 is 1.38 bits per heavy atom. The lowest BCUT2D eigenvalue weighted by Gasteiger charge is -1.99. The molecule has 0 atom stereocenters. The molecule has 0 aliphatic heterocycles. The maximum atomic E-state index is 11.0. The zero-order valence-corrected chi connectivity index (χ0v) is 8.23. The fourth-order valence-corrected chi connectivity index (χ4v) is 2.31. The highest BCUT2D eigenvalue weighted by atomic mass is 32.1. The maximum Gasteiger partial charge on any atom is 0.134 e. The number of fused-ring (bicyclic) bond motifs is 1. The molecule has 1 aromatic carbocycles. The lowest BCUT2D eigenvalue weighted by molar-refractivity contribution is -0.116. The van der Waals surface area contributed by atoms with E-state index in [1.54, 1.807) is 18.3 Å². The van der Waals surface area contributed by atoms with Gasteiger partial charge in [0.05, 0.1) is 0 Å². The van der Waals surface area contributed by atoms with Crippen LogP contribution >= 0.6 is 11.3 Å². The maximum absolute atomic E-state index is 11.0. The van der Waals surface area contributed by atoms with Gasteiger partial charge in [0.2, 0.25) is 0 Å². The van der Waals surface area contributed by atoms with Crippen LogP contribution in [0.15, 0.2) is 29.6 Å². The molecule has 1 heterocycles. The van der Waals surface area contributed by atoms with Gasteiger partial charge in [0.25, 0.3) is 0 Å². The summed E-state index contributed by atoms with van der Waals surface area (Å²) in [5.74, 6) is 0.221. The third kappa shape index (κ3) is 1.63. The minimum atomic E-state index is 0.221. The summed E-state index contributed by atoms with van der Waals surface area (Å²) in [5.41, 5.74) is 1.14. The first-order valence-electron chi connectivity index (χ1n) is 4.22. The average Bonchev–Trinajstić information content (AvgIpc) is 2.51. The number of thiophene rings is 1. The molecule has 0 fully saturated rings. The van der Waals surface area contributed by atoms with E-state index >= 15 is 0 Å². The number of carbonyl (C=O) groups is 1. The van der Waals surface area contributed by atoms with E-state index in [1.807, 2.05) is 12.1 Å². The Morgan fingerprint density at radius 3 is 3.00 bits per heavy atom. The number of ketones is 1. The van der Waals surface area contributed by atoms with E-state index in [4.69, 9.17) is 0 Å². The van der Waals surface area contributed by atoms with Gasteiger partial charge in [-0.05, 0) is 35.4 Å². The lowest BCUT2D eigenvalue weighted by Crippen LogP contribution is -1.95. The number of carbonyl (C=O) groups excluding carboxylic acids is 1. The van der Waals surface area contributed by atoms with Crippen molar-refractivity contribution in [2.75, 3.05) is 0 Å². The van der Waals surface area contributed by atoms with Crippen LogP contribution in [-0.4, -0.2) is 5.78 Å². The Labute approximate surface area is 81.0 Å². The van der Waals surface area contributed by atoms with Crippen molar-refractivity contribution < 1.29 is 4.79 Å². The zero-order chi connectivity index (χ0) is 9.26. The van der Waals surface area contributed by atoms with Crippen LogP contribution in [-0.2, 0) is 11.2 Å². The summed E-state index contributed by atoms with van der Waals surface area (Å²) < 4.78 is 1.26. The number of rotatable bonds is 2. The first-order valence-corrected chi connectivity index (χ1v) is 5.10. The monoisotopic (exact) mass is 190 g/mol. The van der Waals surface area contributed by atoms with E-state index < -0.39 is 0 Å².